The minimum absolute atomic E-state index is 0.0542. The van der Waals surface area contributed by atoms with Crippen molar-refractivity contribution in [1.29, 1.82) is 0 Å². The number of ether oxygens (including phenoxy) is 2. The van der Waals surface area contributed by atoms with Crippen molar-refractivity contribution in [2.24, 2.45) is 0 Å². The first-order valence-corrected chi connectivity index (χ1v) is 10.9. The number of carbonyl (C=O) groups excluding carboxylic acids is 1. The lowest BCUT2D eigenvalue weighted by Crippen LogP contribution is -2.39. The van der Waals surface area contributed by atoms with Gasteiger partial charge in [-0.3, -0.25) is 9.59 Å². The van der Waals surface area contributed by atoms with Gasteiger partial charge in [-0.25, -0.2) is 0 Å². The van der Waals surface area contributed by atoms with Gasteiger partial charge in [-0.05, 0) is 44.9 Å². The van der Waals surface area contributed by atoms with Crippen LogP contribution in [0.25, 0.3) is 11.0 Å². The summed E-state index contributed by atoms with van der Waals surface area (Å²) >= 11 is 0. The van der Waals surface area contributed by atoms with E-state index in [9.17, 15) is 9.59 Å². The lowest BCUT2D eigenvalue weighted by Gasteiger charge is -2.35. The molecule has 170 valence electrons. The smallest absolute Gasteiger partial charge is 0.256 e. The van der Waals surface area contributed by atoms with Crippen molar-refractivity contribution in [3.8, 4) is 5.75 Å². The number of furan rings is 1. The van der Waals surface area contributed by atoms with Crippen molar-refractivity contribution < 1.29 is 18.7 Å². The van der Waals surface area contributed by atoms with Crippen molar-refractivity contribution >= 4 is 22.6 Å². The molecule has 2 aromatic heterocycles. The van der Waals surface area contributed by atoms with Gasteiger partial charge in [0.25, 0.3) is 11.5 Å². The molecule has 0 saturated carbocycles. The molecule has 1 aliphatic heterocycles. The summed E-state index contributed by atoms with van der Waals surface area (Å²) in [6.07, 6.45) is 3.48. The van der Waals surface area contributed by atoms with Gasteiger partial charge < -0.3 is 29.1 Å². The second kappa shape index (κ2) is 9.48. The summed E-state index contributed by atoms with van der Waals surface area (Å²) in [4.78, 5) is 30.6. The van der Waals surface area contributed by atoms with Gasteiger partial charge >= 0.3 is 0 Å². The highest BCUT2D eigenvalue weighted by Gasteiger charge is 2.23. The molecule has 0 bridgehead atoms. The molecule has 4 rings (SSSR count). The molecule has 1 fully saturated rings. The Balaban J connectivity index is 1.63. The third-order valence-electron chi connectivity index (χ3n) is 5.98. The number of amides is 1. The monoisotopic (exact) mass is 439 g/mol. The summed E-state index contributed by atoms with van der Waals surface area (Å²) < 4.78 is 16.5. The standard InChI is InChI=1S/C24H29N3O5/c1-4-27(16-5-8-31-9-6-16)17-12-19(18-7-10-32-22(18)13-17)23(28)25-14-20-21(30-3)11-15(2)26-24(20)29/h7,10-13,16H,4-6,8-9,14H2,1-3H3,(H,25,28)(H,26,29). The minimum atomic E-state index is -0.277. The third-order valence-corrected chi connectivity index (χ3v) is 5.98. The van der Waals surface area contributed by atoms with Crippen LogP contribution in [-0.2, 0) is 11.3 Å². The number of pyridine rings is 1. The van der Waals surface area contributed by atoms with Crippen LogP contribution in [0.5, 0.6) is 5.75 Å². The molecule has 0 aliphatic carbocycles. The van der Waals surface area contributed by atoms with Crippen molar-refractivity contribution in [1.82, 2.24) is 10.3 Å². The van der Waals surface area contributed by atoms with Gasteiger partial charge in [0.2, 0.25) is 0 Å². The molecule has 1 aromatic carbocycles. The SMILES string of the molecule is CCN(c1cc(C(=O)NCc2c(OC)cc(C)[nH]c2=O)c2ccoc2c1)C1CCOCC1. The van der Waals surface area contributed by atoms with E-state index in [4.69, 9.17) is 13.9 Å². The molecule has 0 unspecified atom stereocenters. The van der Waals surface area contributed by atoms with Crippen LogP contribution in [0, 0.1) is 6.92 Å². The van der Waals surface area contributed by atoms with Gasteiger partial charge in [0.15, 0.2) is 0 Å². The second-order valence-electron chi connectivity index (χ2n) is 7.97. The maximum Gasteiger partial charge on any atom is 0.256 e. The average Bonchev–Trinajstić information content (AvgIpc) is 3.27. The van der Waals surface area contributed by atoms with E-state index in [0.717, 1.165) is 43.7 Å². The number of aromatic nitrogens is 1. The summed E-state index contributed by atoms with van der Waals surface area (Å²) in [5.41, 5.74) is 2.91. The van der Waals surface area contributed by atoms with Crippen LogP contribution in [-0.4, -0.2) is 43.8 Å². The van der Waals surface area contributed by atoms with Crippen LogP contribution < -0.4 is 20.5 Å². The first-order chi connectivity index (χ1) is 15.5. The summed E-state index contributed by atoms with van der Waals surface area (Å²) in [5, 5.41) is 3.61. The summed E-state index contributed by atoms with van der Waals surface area (Å²) in [7, 11) is 1.51. The molecule has 1 aliphatic rings. The number of aryl methyl sites for hydroxylation is 1. The number of hydrogen-bond acceptors (Lipinski definition) is 6. The first-order valence-electron chi connectivity index (χ1n) is 10.9. The Kier molecular flexibility index (Phi) is 6.50. The molecule has 2 N–H and O–H groups in total. The number of H-pyrrole nitrogens is 1. The molecule has 32 heavy (non-hydrogen) atoms. The molecule has 3 heterocycles. The average molecular weight is 440 g/mol. The largest absolute Gasteiger partial charge is 0.496 e. The van der Waals surface area contributed by atoms with Crippen LogP contribution in [0.4, 0.5) is 5.69 Å². The summed E-state index contributed by atoms with van der Waals surface area (Å²) in [6, 6.07) is 7.78. The van der Waals surface area contributed by atoms with E-state index >= 15 is 0 Å². The first kappa shape index (κ1) is 22.0. The van der Waals surface area contributed by atoms with Crippen molar-refractivity contribution in [3.05, 3.63) is 57.7 Å². The van der Waals surface area contributed by atoms with E-state index in [2.05, 4.69) is 22.1 Å². The van der Waals surface area contributed by atoms with Crippen molar-refractivity contribution in [2.75, 3.05) is 31.8 Å². The van der Waals surface area contributed by atoms with E-state index in [1.54, 1.807) is 25.3 Å². The predicted octanol–water partition coefficient (Wildman–Crippen LogP) is 3.37. The number of carbonyl (C=O) groups is 1. The number of nitrogens with zero attached hydrogens (tertiary/aromatic N) is 1. The van der Waals surface area contributed by atoms with Crippen LogP contribution in [0.1, 0.15) is 41.4 Å². The Morgan fingerprint density at radius 2 is 2.06 bits per heavy atom. The zero-order valence-corrected chi connectivity index (χ0v) is 18.7. The summed E-state index contributed by atoms with van der Waals surface area (Å²) in [5.74, 6) is 0.175. The highest BCUT2D eigenvalue weighted by molar-refractivity contribution is 6.07. The van der Waals surface area contributed by atoms with Gasteiger partial charge in [0.1, 0.15) is 11.3 Å². The van der Waals surface area contributed by atoms with Crippen LogP contribution in [0.3, 0.4) is 0 Å². The highest BCUT2D eigenvalue weighted by Crippen LogP contribution is 2.30. The fourth-order valence-electron chi connectivity index (χ4n) is 4.36. The normalized spacial score (nSPS) is 14.5. The van der Waals surface area contributed by atoms with Crippen LogP contribution in [0.2, 0.25) is 0 Å². The Morgan fingerprint density at radius 1 is 1.28 bits per heavy atom. The van der Waals surface area contributed by atoms with Gasteiger partial charge in [-0.15, -0.1) is 0 Å². The van der Waals surface area contributed by atoms with Crippen LogP contribution in [0.15, 0.2) is 39.7 Å². The van der Waals surface area contributed by atoms with Gasteiger partial charge in [-0.2, -0.15) is 0 Å². The van der Waals surface area contributed by atoms with Crippen molar-refractivity contribution in [3.63, 3.8) is 0 Å². The van der Waals surface area contributed by atoms with E-state index in [1.165, 1.54) is 7.11 Å². The Hall–Kier alpha value is -3.26. The fourth-order valence-corrected chi connectivity index (χ4v) is 4.36. The minimum Gasteiger partial charge on any atom is -0.496 e. The van der Waals surface area contributed by atoms with E-state index in [1.807, 2.05) is 12.1 Å². The molecule has 0 spiro atoms. The molecule has 8 nitrogen and oxygen atoms in total. The quantitative estimate of drug-likeness (QED) is 0.586. The Labute approximate surface area is 186 Å². The second-order valence-corrected chi connectivity index (χ2v) is 7.97. The molecule has 8 heteroatoms. The number of anilines is 1. The van der Waals surface area contributed by atoms with Gasteiger partial charge in [0.05, 0.1) is 31.0 Å². The molecule has 3 aromatic rings. The Morgan fingerprint density at radius 3 is 2.78 bits per heavy atom. The van der Waals surface area contributed by atoms with Gasteiger partial charge in [0, 0.05) is 48.6 Å². The molecule has 1 amide bonds. The molecule has 0 radical (unpaired) electrons. The number of methoxy groups -OCH3 is 1. The molecular formula is C24H29N3O5. The molecule has 1 saturated heterocycles. The topological polar surface area (TPSA) is 96.8 Å². The number of nitrogens with one attached hydrogen (secondary N) is 2. The number of hydrogen-bond donors (Lipinski definition) is 2. The van der Waals surface area contributed by atoms with E-state index in [0.29, 0.717) is 34.2 Å². The fraction of sp³-hybridized carbons (Fsp3) is 0.417. The predicted molar refractivity (Wildman–Crippen MR) is 123 cm³/mol. The highest BCUT2D eigenvalue weighted by atomic mass is 16.5. The number of aromatic amines is 1. The van der Waals surface area contributed by atoms with Gasteiger partial charge in [-0.1, -0.05) is 0 Å². The number of benzene rings is 1. The van der Waals surface area contributed by atoms with Crippen LogP contribution >= 0.6 is 0 Å². The Bertz CT molecular complexity index is 1160. The maximum absolute atomic E-state index is 13.2. The summed E-state index contributed by atoms with van der Waals surface area (Å²) in [6.45, 7) is 6.24. The van der Waals surface area contributed by atoms with E-state index in [-0.39, 0.29) is 18.0 Å². The zero-order chi connectivity index (χ0) is 22.7. The van der Waals surface area contributed by atoms with E-state index < -0.39 is 0 Å². The lowest BCUT2D eigenvalue weighted by atomic mass is 10.0. The maximum atomic E-state index is 13.2. The molecular weight excluding hydrogens is 410 g/mol. The number of fused-ring (bicyclic) bond motifs is 1. The zero-order valence-electron chi connectivity index (χ0n) is 18.7. The lowest BCUT2D eigenvalue weighted by molar-refractivity contribution is 0.0846. The number of rotatable bonds is 7. The third kappa shape index (κ3) is 4.36. The van der Waals surface area contributed by atoms with Crippen molar-refractivity contribution in [2.45, 2.75) is 39.3 Å². The molecule has 0 atom stereocenters.